The van der Waals surface area contributed by atoms with E-state index in [0.717, 1.165) is 12.5 Å². The van der Waals surface area contributed by atoms with E-state index in [4.69, 9.17) is 4.74 Å². The third-order valence-corrected chi connectivity index (χ3v) is 2.69. The molecule has 1 N–H and O–H groups in total. The first-order valence-electron chi connectivity index (χ1n) is 5.84. The van der Waals surface area contributed by atoms with Crippen molar-refractivity contribution in [3.8, 4) is 0 Å². The minimum absolute atomic E-state index is 0.107. The molecule has 0 saturated carbocycles. The van der Waals surface area contributed by atoms with Crippen molar-refractivity contribution >= 4 is 0 Å². The molecular formula is C13H18F3NO. The van der Waals surface area contributed by atoms with Crippen LogP contribution in [0.1, 0.15) is 30.5 Å². The zero-order chi connectivity index (χ0) is 13.6. The van der Waals surface area contributed by atoms with Gasteiger partial charge in [-0.15, -0.1) is 0 Å². The lowest BCUT2D eigenvalue weighted by Crippen LogP contribution is -2.21. The summed E-state index contributed by atoms with van der Waals surface area (Å²) in [5.41, 5.74) is 0.0350. The standard InChI is InChI=1S/C13H18F3NO/c1-10(17-7-4-8-18-2)11-5-3-6-12(9-11)13(14,15)16/h3,5-6,9-10,17H,4,7-8H2,1-2H3. The van der Waals surface area contributed by atoms with Crippen molar-refractivity contribution in [1.82, 2.24) is 5.32 Å². The number of hydrogen-bond donors (Lipinski definition) is 1. The van der Waals surface area contributed by atoms with Crippen LogP contribution in [0.5, 0.6) is 0 Å². The van der Waals surface area contributed by atoms with Crippen LogP contribution in [0.2, 0.25) is 0 Å². The Kier molecular flexibility index (Phi) is 5.62. The van der Waals surface area contributed by atoms with E-state index in [2.05, 4.69) is 5.32 Å². The molecule has 1 unspecified atom stereocenters. The van der Waals surface area contributed by atoms with Gasteiger partial charge in [-0.3, -0.25) is 0 Å². The minimum Gasteiger partial charge on any atom is -0.385 e. The number of halogens is 3. The second kappa shape index (κ2) is 6.75. The predicted molar refractivity (Wildman–Crippen MR) is 64.4 cm³/mol. The number of alkyl halides is 3. The Bertz CT molecular complexity index is 365. The van der Waals surface area contributed by atoms with Crippen molar-refractivity contribution in [3.63, 3.8) is 0 Å². The topological polar surface area (TPSA) is 21.3 Å². The third kappa shape index (κ3) is 4.66. The van der Waals surface area contributed by atoms with E-state index in [1.807, 2.05) is 6.92 Å². The molecule has 18 heavy (non-hydrogen) atoms. The molecule has 1 aromatic carbocycles. The first-order chi connectivity index (χ1) is 8.45. The van der Waals surface area contributed by atoms with Gasteiger partial charge in [0.1, 0.15) is 0 Å². The van der Waals surface area contributed by atoms with Crippen molar-refractivity contribution in [2.75, 3.05) is 20.3 Å². The minimum atomic E-state index is -4.29. The van der Waals surface area contributed by atoms with Crippen molar-refractivity contribution < 1.29 is 17.9 Å². The van der Waals surface area contributed by atoms with Gasteiger partial charge in [0.2, 0.25) is 0 Å². The summed E-state index contributed by atoms with van der Waals surface area (Å²) in [6.07, 6.45) is -3.45. The fourth-order valence-electron chi connectivity index (χ4n) is 1.64. The van der Waals surface area contributed by atoms with Crippen LogP contribution < -0.4 is 5.32 Å². The molecule has 0 aliphatic carbocycles. The predicted octanol–water partition coefficient (Wildman–Crippen LogP) is 3.39. The average Bonchev–Trinajstić information content (AvgIpc) is 2.33. The molecule has 0 saturated heterocycles. The Balaban J connectivity index is 2.60. The first-order valence-corrected chi connectivity index (χ1v) is 5.84. The van der Waals surface area contributed by atoms with Gasteiger partial charge in [-0.1, -0.05) is 12.1 Å². The van der Waals surface area contributed by atoms with Crippen LogP contribution in [-0.4, -0.2) is 20.3 Å². The maximum Gasteiger partial charge on any atom is 0.416 e. The molecule has 0 radical (unpaired) electrons. The van der Waals surface area contributed by atoms with Crippen LogP contribution >= 0.6 is 0 Å². The summed E-state index contributed by atoms with van der Waals surface area (Å²) >= 11 is 0. The molecule has 0 amide bonds. The van der Waals surface area contributed by atoms with Crippen molar-refractivity contribution in [1.29, 1.82) is 0 Å². The van der Waals surface area contributed by atoms with Gasteiger partial charge in [0.25, 0.3) is 0 Å². The molecule has 2 nitrogen and oxygen atoms in total. The second-order valence-electron chi connectivity index (χ2n) is 4.15. The summed E-state index contributed by atoms with van der Waals surface area (Å²) in [5.74, 6) is 0. The van der Waals surface area contributed by atoms with Crippen LogP contribution in [0.4, 0.5) is 13.2 Å². The molecule has 1 rings (SSSR count). The molecule has 0 fully saturated rings. The zero-order valence-corrected chi connectivity index (χ0v) is 10.6. The fraction of sp³-hybridized carbons (Fsp3) is 0.538. The summed E-state index contributed by atoms with van der Waals surface area (Å²) in [6, 6.07) is 5.30. The molecular weight excluding hydrogens is 243 g/mol. The van der Waals surface area contributed by atoms with Gasteiger partial charge in [0.05, 0.1) is 5.56 Å². The van der Waals surface area contributed by atoms with Gasteiger partial charge >= 0.3 is 6.18 Å². The maximum atomic E-state index is 12.5. The van der Waals surface area contributed by atoms with Crippen LogP contribution in [0.25, 0.3) is 0 Å². The molecule has 0 aromatic heterocycles. The van der Waals surface area contributed by atoms with Gasteiger partial charge in [-0.05, 0) is 37.6 Å². The molecule has 0 aliphatic rings. The molecule has 0 aliphatic heterocycles. The van der Waals surface area contributed by atoms with Crippen molar-refractivity contribution in [2.24, 2.45) is 0 Å². The lowest BCUT2D eigenvalue weighted by molar-refractivity contribution is -0.137. The Hall–Kier alpha value is -1.07. The molecule has 5 heteroatoms. The largest absolute Gasteiger partial charge is 0.416 e. The average molecular weight is 261 g/mol. The van der Waals surface area contributed by atoms with Crippen molar-refractivity contribution in [3.05, 3.63) is 35.4 Å². The van der Waals surface area contributed by atoms with E-state index in [9.17, 15) is 13.2 Å². The van der Waals surface area contributed by atoms with E-state index in [-0.39, 0.29) is 6.04 Å². The van der Waals surface area contributed by atoms with E-state index in [1.165, 1.54) is 12.1 Å². The smallest absolute Gasteiger partial charge is 0.385 e. The Labute approximate surface area is 105 Å². The van der Waals surface area contributed by atoms with E-state index >= 15 is 0 Å². The summed E-state index contributed by atoms with van der Waals surface area (Å²) in [6.45, 7) is 3.20. The summed E-state index contributed by atoms with van der Waals surface area (Å²) in [5, 5.41) is 3.17. The van der Waals surface area contributed by atoms with E-state index in [1.54, 1.807) is 13.2 Å². The third-order valence-electron chi connectivity index (χ3n) is 2.69. The monoisotopic (exact) mass is 261 g/mol. The highest BCUT2D eigenvalue weighted by Gasteiger charge is 2.30. The molecule has 102 valence electrons. The second-order valence-corrected chi connectivity index (χ2v) is 4.15. The number of ether oxygens (including phenoxy) is 1. The van der Waals surface area contributed by atoms with E-state index < -0.39 is 11.7 Å². The van der Waals surface area contributed by atoms with Gasteiger partial charge in [-0.25, -0.2) is 0 Å². The molecule has 1 aromatic rings. The Morgan fingerprint density at radius 1 is 1.33 bits per heavy atom. The van der Waals surface area contributed by atoms with Crippen LogP contribution in [0.3, 0.4) is 0 Å². The lowest BCUT2D eigenvalue weighted by atomic mass is 10.0. The first kappa shape index (κ1) is 15.0. The molecule has 1 atom stereocenters. The Morgan fingerprint density at radius 2 is 2.06 bits per heavy atom. The van der Waals surface area contributed by atoms with Crippen molar-refractivity contribution in [2.45, 2.75) is 25.6 Å². The maximum absolute atomic E-state index is 12.5. The van der Waals surface area contributed by atoms with Gasteiger partial charge in [-0.2, -0.15) is 13.2 Å². The van der Waals surface area contributed by atoms with Crippen LogP contribution in [0.15, 0.2) is 24.3 Å². The van der Waals surface area contributed by atoms with Gasteiger partial charge < -0.3 is 10.1 Å². The zero-order valence-electron chi connectivity index (χ0n) is 10.6. The SMILES string of the molecule is COCCCNC(C)c1cccc(C(F)(F)F)c1. The Morgan fingerprint density at radius 3 is 2.67 bits per heavy atom. The fourth-order valence-corrected chi connectivity index (χ4v) is 1.64. The number of benzene rings is 1. The number of rotatable bonds is 6. The molecule has 0 bridgehead atoms. The summed E-state index contributed by atoms with van der Waals surface area (Å²) < 4.78 is 42.5. The number of methoxy groups -OCH3 is 1. The van der Waals surface area contributed by atoms with Crippen LogP contribution in [0, 0.1) is 0 Å². The van der Waals surface area contributed by atoms with Gasteiger partial charge in [0, 0.05) is 19.8 Å². The quantitative estimate of drug-likeness (QED) is 0.792. The lowest BCUT2D eigenvalue weighted by Gasteiger charge is -2.16. The summed E-state index contributed by atoms with van der Waals surface area (Å²) in [7, 11) is 1.62. The highest BCUT2D eigenvalue weighted by atomic mass is 19.4. The highest BCUT2D eigenvalue weighted by molar-refractivity contribution is 5.27. The highest BCUT2D eigenvalue weighted by Crippen LogP contribution is 2.30. The summed E-state index contributed by atoms with van der Waals surface area (Å²) in [4.78, 5) is 0. The normalized spacial score (nSPS) is 13.6. The van der Waals surface area contributed by atoms with E-state index in [0.29, 0.717) is 18.7 Å². The number of nitrogens with one attached hydrogen (secondary N) is 1. The molecule has 0 heterocycles. The van der Waals surface area contributed by atoms with Gasteiger partial charge in [0.15, 0.2) is 0 Å². The number of hydrogen-bond acceptors (Lipinski definition) is 2. The molecule has 0 spiro atoms. The van der Waals surface area contributed by atoms with Crippen LogP contribution in [-0.2, 0) is 10.9 Å².